The standard InChI is InChI=1S/C34H39N3O5S/c1-24-29-22-28(14-15-30(29)41-31(24)32(38)39)43-37(17-16-25-8-6-5-7-9-25)27-12-10-26(11-13-27)23-35-18-20-36(21-19-35)33(40)42-34(2,3)4/h5-15,22H,16-21,23H2,1-4H3,(H,38,39). The Hall–Kier alpha value is -3.95. The quantitative estimate of drug-likeness (QED) is 0.201. The average Bonchev–Trinajstić information content (AvgIpc) is 3.31. The van der Waals surface area contributed by atoms with Crippen molar-refractivity contribution in [1.82, 2.24) is 9.80 Å². The van der Waals surface area contributed by atoms with Gasteiger partial charge in [0.05, 0.1) is 0 Å². The van der Waals surface area contributed by atoms with E-state index in [1.807, 2.05) is 45.0 Å². The lowest BCUT2D eigenvalue weighted by Gasteiger charge is -2.35. The van der Waals surface area contributed by atoms with Crippen molar-refractivity contribution in [3.05, 3.63) is 95.2 Å². The van der Waals surface area contributed by atoms with E-state index in [0.29, 0.717) is 24.2 Å². The van der Waals surface area contributed by atoms with Crippen LogP contribution in [0.1, 0.15) is 48.0 Å². The molecule has 1 aliphatic rings. The molecule has 1 saturated heterocycles. The fourth-order valence-electron chi connectivity index (χ4n) is 5.13. The molecule has 43 heavy (non-hydrogen) atoms. The Balaban J connectivity index is 1.27. The third kappa shape index (κ3) is 7.91. The first kappa shape index (κ1) is 30.5. The zero-order valence-electron chi connectivity index (χ0n) is 25.2. The molecule has 1 N–H and O–H groups in total. The van der Waals surface area contributed by atoms with E-state index < -0.39 is 11.6 Å². The number of carbonyl (C=O) groups excluding carboxylic acids is 1. The normalized spacial score (nSPS) is 14.2. The number of carbonyl (C=O) groups is 2. The second-order valence-corrected chi connectivity index (χ2v) is 13.0. The number of piperazine rings is 1. The number of ether oxygens (including phenoxy) is 1. The molecule has 0 saturated carbocycles. The van der Waals surface area contributed by atoms with Crippen LogP contribution in [0.3, 0.4) is 0 Å². The Morgan fingerprint density at radius 2 is 1.65 bits per heavy atom. The van der Waals surface area contributed by atoms with Gasteiger partial charge in [0.2, 0.25) is 5.76 Å². The first-order valence-corrected chi connectivity index (χ1v) is 15.4. The van der Waals surface area contributed by atoms with Gasteiger partial charge >= 0.3 is 12.1 Å². The van der Waals surface area contributed by atoms with Gasteiger partial charge in [0, 0.05) is 60.8 Å². The SMILES string of the molecule is Cc1c(C(=O)O)oc2ccc(SN(CCc3ccccc3)c3ccc(CN4CCN(C(=O)OC(C)(C)C)CC4)cc3)cc12. The van der Waals surface area contributed by atoms with Gasteiger partial charge in [-0.3, -0.25) is 4.90 Å². The fraction of sp³-hybridized carbons (Fsp3) is 0.353. The average molecular weight is 602 g/mol. The number of aryl methyl sites for hydroxylation is 1. The maximum Gasteiger partial charge on any atom is 0.410 e. The van der Waals surface area contributed by atoms with Crippen molar-refractivity contribution >= 4 is 40.7 Å². The van der Waals surface area contributed by atoms with E-state index in [4.69, 9.17) is 9.15 Å². The number of nitrogens with zero attached hydrogens (tertiary/aromatic N) is 3. The molecule has 0 radical (unpaired) electrons. The summed E-state index contributed by atoms with van der Waals surface area (Å²) >= 11 is 1.63. The second kappa shape index (κ2) is 13.1. The second-order valence-electron chi connectivity index (χ2n) is 11.9. The van der Waals surface area contributed by atoms with Gasteiger partial charge in [0.15, 0.2) is 0 Å². The summed E-state index contributed by atoms with van der Waals surface area (Å²) in [6.45, 7) is 12.0. The molecule has 2 heterocycles. The fourth-order valence-corrected chi connectivity index (χ4v) is 6.10. The highest BCUT2D eigenvalue weighted by Crippen LogP contribution is 2.34. The van der Waals surface area contributed by atoms with Gasteiger partial charge in [-0.1, -0.05) is 42.5 Å². The highest BCUT2D eigenvalue weighted by Gasteiger charge is 2.26. The molecule has 4 aromatic rings. The molecule has 1 aliphatic heterocycles. The first-order valence-electron chi connectivity index (χ1n) is 14.6. The van der Waals surface area contributed by atoms with Crippen molar-refractivity contribution in [1.29, 1.82) is 0 Å². The summed E-state index contributed by atoms with van der Waals surface area (Å²) in [6.07, 6.45) is 0.641. The molecule has 8 nitrogen and oxygen atoms in total. The van der Waals surface area contributed by atoms with Crippen molar-refractivity contribution < 1.29 is 23.8 Å². The Labute approximate surface area is 257 Å². The van der Waals surface area contributed by atoms with Crippen LogP contribution in [0.25, 0.3) is 11.0 Å². The molecule has 0 bridgehead atoms. The first-order chi connectivity index (χ1) is 20.6. The Morgan fingerprint density at radius 3 is 2.30 bits per heavy atom. The van der Waals surface area contributed by atoms with E-state index in [2.05, 4.69) is 57.7 Å². The van der Waals surface area contributed by atoms with E-state index in [-0.39, 0.29) is 11.9 Å². The van der Waals surface area contributed by atoms with Gasteiger partial charge in [-0.15, -0.1) is 0 Å². The number of benzene rings is 3. The molecular weight excluding hydrogens is 562 g/mol. The number of aromatic carboxylic acids is 1. The van der Waals surface area contributed by atoms with Crippen LogP contribution in [0.5, 0.6) is 0 Å². The molecular formula is C34H39N3O5S. The number of carboxylic acid groups (broad SMARTS) is 1. The number of anilines is 1. The maximum absolute atomic E-state index is 12.4. The highest BCUT2D eigenvalue weighted by atomic mass is 32.2. The van der Waals surface area contributed by atoms with Gasteiger partial charge in [-0.25, -0.2) is 9.59 Å². The summed E-state index contributed by atoms with van der Waals surface area (Å²) < 4.78 is 13.4. The third-order valence-electron chi connectivity index (χ3n) is 7.42. The highest BCUT2D eigenvalue weighted by molar-refractivity contribution is 8.00. The summed E-state index contributed by atoms with van der Waals surface area (Å²) in [6, 6.07) is 24.9. The van der Waals surface area contributed by atoms with Gasteiger partial charge in [0.1, 0.15) is 11.2 Å². The van der Waals surface area contributed by atoms with Gasteiger partial charge < -0.3 is 23.5 Å². The number of hydrogen-bond acceptors (Lipinski definition) is 7. The molecule has 226 valence electrons. The van der Waals surface area contributed by atoms with E-state index in [9.17, 15) is 14.7 Å². The van der Waals surface area contributed by atoms with Crippen LogP contribution in [-0.4, -0.2) is 65.3 Å². The molecule has 0 aliphatic carbocycles. The van der Waals surface area contributed by atoms with Crippen molar-refractivity contribution in [2.24, 2.45) is 0 Å². The van der Waals surface area contributed by atoms with Crippen LogP contribution in [0.2, 0.25) is 0 Å². The summed E-state index contributed by atoms with van der Waals surface area (Å²) in [5.74, 6) is -1.07. The molecule has 1 aromatic heterocycles. The lowest BCUT2D eigenvalue weighted by molar-refractivity contribution is 0.0139. The van der Waals surface area contributed by atoms with Gasteiger partial charge in [-0.2, -0.15) is 0 Å². The van der Waals surface area contributed by atoms with E-state index in [1.165, 1.54) is 11.1 Å². The molecule has 3 aromatic carbocycles. The topological polar surface area (TPSA) is 86.5 Å². The number of hydrogen-bond donors (Lipinski definition) is 1. The zero-order chi connectivity index (χ0) is 30.6. The Bertz CT molecular complexity index is 1550. The molecule has 0 atom stereocenters. The van der Waals surface area contributed by atoms with Crippen molar-refractivity contribution in [3.63, 3.8) is 0 Å². The molecule has 0 unspecified atom stereocenters. The predicted octanol–water partition coefficient (Wildman–Crippen LogP) is 7.25. The van der Waals surface area contributed by atoms with Crippen molar-refractivity contribution in [2.45, 2.75) is 51.2 Å². The lowest BCUT2D eigenvalue weighted by atomic mass is 10.1. The van der Waals surface area contributed by atoms with Crippen LogP contribution < -0.4 is 4.31 Å². The van der Waals surface area contributed by atoms with Crippen LogP contribution in [0.15, 0.2) is 82.1 Å². The minimum absolute atomic E-state index is 0.0140. The molecule has 5 rings (SSSR count). The van der Waals surface area contributed by atoms with Gasteiger partial charge in [0.25, 0.3) is 0 Å². The summed E-state index contributed by atoms with van der Waals surface area (Å²) in [7, 11) is 0. The monoisotopic (exact) mass is 601 g/mol. The Kier molecular flexibility index (Phi) is 9.32. The number of amides is 1. The van der Waals surface area contributed by atoms with E-state index >= 15 is 0 Å². The number of rotatable bonds is 9. The van der Waals surface area contributed by atoms with Crippen molar-refractivity contribution in [3.8, 4) is 0 Å². The van der Waals surface area contributed by atoms with E-state index in [1.54, 1.807) is 23.8 Å². The summed E-state index contributed by atoms with van der Waals surface area (Å²) in [4.78, 5) is 29.1. The Morgan fingerprint density at radius 1 is 0.953 bits per heavy atom. The van der Waals surface area contributed by atoms with Crippen LogP contribution in [-0.2, 0) is 17.7 Å². The number of carboxylic acids is 1. The third-order valence-corrected chi connectivity index (χ3v) is 8.50. The summed E-state index contributed by atoms with van der Waals surface area (Å²) in [5, 5.41) is 10.3. The molecule has 1 fully saturated rings. The smallest absolute Gasteiger partial charge is 0.410 e. The maximum atomic E-state index is 12.4. The van der Waals surface area contributed by atoms with Crippen molar-refractivity contribution in [2.75, 3.05) is 37.0 Å². The minimum atomic E-state index is -1.06. The molecule has 9 heteroatoms. The summed E-state index contributed by atoms with van der Waals surface area (Å²) in [5.41, 5.74) is 4.30. The number of fused-ring (bicyclic) bond motifs is 1. The molecule has 0 spiro atoms. The minimum Gasteiger partial charge on any atom is -0.475 e. The van der Waals surface area contributed by atoms with Crippen LogP contribution in [0.4, 0.5) is 10.5 Å². The van der Waals surface area contributed by atoms with Crippen LogP contribution >= 0.6 is 11.9 Å². The van der Waals surface area contributed by atoms with Gasteiger partial charge in [-0.05, 0) is 87.5 Å². The zero-order valence-corrected chi connectivity index (χ0v) is 26.0. The number of furan rings is 1. The van der Waals surface area contributed by atoms with Crippen LogP contribution in [0, 0.1) is 6.92 Å². The predicted molar refractivity (Wildman–Crippen MR) is 171 cm³/mol. The van der Waals surface area contributed by atoms with E-state index in [0.717, 1.165) is 48.6 Å². The lowest BCUT2D eigenvalue weighted by Crippen LogP contribution is -2.49. The largest absolute Gasteiger partial charge is 0.475 e. The molecule has 1 amide bonds.